The average Bonchev–Trinajstić information content (AvgIpc) is 2.96. The highest BCUT2D eigenvalue weighted by atomic mass is 32.1. The Hall–Kier alpha value is -1.86. The summed E-state index contributed by atoms with van der Waals surface area (Å²) in [5.74, 6) is -1.55. The Morgan fingerprint density at radius 3 is 2.82 bits per heavy atom. The number of amides is 1. The number of carbonyl (C=O) groups is 1. The van der Waals surface area contributed by atoms with Crippen molar-refractivity contribution in [1.29, 1.82) is 0 Å². The van der Waals surface area contributed by atoms with E-state index in [4.69, 9.17) is 0 Å². The lowest BCUT2D eigenvalue weighted by Gasteiger charge is -2.33. The van der Waals surface area contributed by atoms with Gasteiger partial charge in [0.2, 0.25) is 0 Å². The maximum absolute atomic E-state index is 13.8. The number of piperazine rings is 1. The molecular weight excluding hydrogens is 308 g/mol. The van der Waals surface area contributed by atoms with E-state index in [0.29, 0.717) is 6.54 Å². The van der Waals surface area contributed by atoms with E-state index in [9.17, 15) is 13.6 Å². The first kappa shape index (κ1) is 15.1. The maximum Gasteiger partial charge on any atom is 0.273 e. The Morgan fingerprint density at radius 2 is 2.14 bits per heavy atom. The minimum absolute atomic E-state index is 0.0663. The normalized spacial score (nSPS) is 18.5. The number of nitrogens with one attached hydrogen (secondary N) is 1. The van der Waals surface area contributed by atoms with Crippen LogP contribution in [-0.4, -0.2) is 41.5 Å². The number of carbonyl (C=O) groups excluding carboxylic acids is 1. The molecule has 1 aromatic heterocycles. The van der Waals surface area contributed by atoms with Gasteiger partial charge in [0, 0.05) is 31.1 Å². The highest BCUT2D eigenvalue weighted by Gasteiger charge is 2.26. The third kappa shape index (κ3) is 2.74. The molecule has 0 saturated carbocycles. The highest BCUT2D eigenvalue weighted by molar-refractivity contribution is 7.13. The van der Waals surface area contributed by atoms with Gasteiger partial charge in [0.1, 0.15) is 22.3 Å². The van der Waals surface area contributed by atoms with Crippen molar-refractivity contribution in [2.75, 3.05) is 19.6 Å². The van der Waals surface area contributed by atoms with Crippen LogP contribution in [0.25, 0.3) is 10.6 Å². The van der Waals surface area contributed by atoms with E-state index < -0.39 is 11.6 Å². The lowest BCUT2D eigenvalue weighted by molar-refractivity contribution is 0.0650. The number of nitrogens with zero attached hydrogens (tertiary/aromatic N) is 2. The van der Waals surface area contributed by atoms with E-state index >= 15 is 0 Å². The Bertz CT molecular complexity index is 684. The Kier molecular flexibility index (Phi) is 4.17. The van der Waals surface area contributed by atoms with Crippen LogP contribution in [0.5, 0.6) is 0 Å². The molecule has 1 atom stereocenters. The number of hydrogen-bond acceptors (Lipinski definition) is 4. The molecule has 2 aromatic rings. The summed E-state index contributed by atoms with van der Waals surface area (Å²) in [6, 6.07) is 3.73. The van der Waals surface area contributed by atoms with E-state index in [1.54, 1.807) is 10.3 Å². The summed E-state index contributed by atoms with van der Waals surface area (Å²) in [6.07, 6.45) is 0. The highest BCUT2D eigenvalue weighted by Crippen LogP contribution is 2.29. The fourth-order valence-electron chi connectivity index (χ4n) is 2.48. The summed E-state index contributed by atoms with van der Waals surface area (Å²) in [5.41, 5.74) is 0.0521. The zero-order valence-corrected chi connectivity index (χ0v) is 12.8. The topological polar surface area (TPSA) is 45.2 Å². The standard InChI is InChI=1S/C15H15F2N3OS/c1-9-7-18-5-6-20(9)15(21)12-8-22-14(19-12)13-10(16)3-2-4-11(13)17/h2-4,8-9,18H,5-7H2,1H3/t9-/m1/s1. The molecule has 3 rings (SSSR count). The molecule has 1 aliphatic heterocycles. The maximum atomic E-state index is 13.8. The molecule has 1 fully saturated rings. The molecule has 2 heterocycles. The number of halogens is 2. The molecule has 0 spiro atoms. The zero-order chi connectivity index (χ0) is 15.7. The molecule has 22 heavy (non-hydrogen) atoms. The molecule has 1 aliphatic rings. The van der Waals surface area contributed by atoms with Crippen molar-refractivity contribution in [2.24, 2.45) is 0 Å². The Labute approximate surface area is 130 Å². The molecule has 0 unspecified atom stereocenters. The quantitative estimate of drug-likeness (QED) is 0.924. The number of rotatable bonds is 2. The molecule has 0 bridgehead atoms. The van der Waals surface area contributed by atoms with Crippen LogP contribution in [0.15, 0.2) is 23.6 Å². The molecule has 1 saturated heterocycles. The van der Waals surface area contributed by atoms with Gasteiger partial charge in [-0.15, -0.1) is 11.3 Å². The van der Waals surface area contributed by atoms with Crippen LogP contribution in [0.1, 0.15) is 17.4 Å². The van der Waals surface area contributed by atoms with Gasteiger partial charge in [0.25, 0.3) is 5.91 Å². The van der Waals surface area contributed by atoms with E-state index in [0.717, 1.165) is 24.4 Å². The third-order valence-electron chi connectivity index (χ3n) is 3.66. The van der Waals surface area contributed by atoms with Crippen molar-refractivity contribution >= 4 is 17.2 Å². The smallest absolute Gasteiger partial charge is 0.273 e. The van der Waals surface area contributed by atoms with Crippen LogP contribution >= 0.6 is 11.3 Å². The summed E-state index contributed by atoms with van der Waals surface area (Å²) in [6.45, 7) is 4.01. The second-order valence-corrected chi connectivity index (χ2v) is 6.04. The van der Waals surface area contributed by atoms with Crippen LogP contribution in [0, 0.1) is 11.6 Å². The van der Waals surface area contributed by atoms with Gasteiger partial charge in [-0.05, 0) is 19.1 Å². The molecule has 1 N–H and O–H groups in total. The lowest BCUT2D eigenvalue weighted by atomic mass is 10.2. The van der Waals surface area contributed by atoms with Gasteiger partial charge in [-0.3, -0.25) is 4.79 Å². The lowest BCUT2D eigenvalue weighted by Crippen LogP contribution is -2.52. The first-order valence-electron chi connectivity index (χ1n) is 6.99. The summed E-state index contributed by atoms with van der Waals surface area (Å²) in [7, 11) is 0. The van der Waals surface area contributed by atoms with Crippen LogP contribution in [0.2, 0.25) is 0 Å². The SMILES string of the molecule is C[C@@H]1CNCCN1C(=O)c1csc(-c2c(F)cccc2F)n1. The molecule has 1 aromatic carbocycles. The summed E-state index contributed by atoms with van der Waals surface area (Å²) in [5, 5.41) is 4.94. The second-order valence-electron chi connectivity index (χ2n) is 5.19. The largest absolute Gasteiger partial charge is 0.332 e. The summed E-state index contributed by atoms with van der Waals surface area (Å²) >= 11 is 1.07. The number of hydrogen-bond donors (Lipinski definition) is 1. The predicted molar refractivity (Wildman–Crippen MR) is 80.8 cm³/mol. The van der Waals surface area contributed by atoms with Crippen LogP contribution in [0.4, 0.5) is 8.78 Å². The molecule has 1 amide bonds. The summed E-state index contributed by atoms with van der Waals surface area (Å²) < 4.78 is 27.6. The fourth-order valence-corrected chi connectivity index (χ4v) is 3.32. The van der Waals surface area contributed by atoms with Crippen molar-refractivity contribution in [2.45, 2.75) is 13.0 Å². The van der Waals surface area contributed by atoms with Crippen molar-refractivity contribution in [3.05, 3.63) is 40.9 Å². The van der Waals surface area contributed by atoms with E-state index in [2.05, 4.69) is 10.3 Å². The first-order valence-corrected chi connectivity index (χ1v) is 7.87. The average molecular weight is 323 g/mol. The molecule has 4 nitrogen and oxygen atoms in total. The minimum Gasteiger partial charge on any atom is -0.332 e. The van der Waals surface area contributed by atoms with Gasteiger partial charge in [-0.25, -0.2) is 13.8 Å². The van der Waals surface area contributed by atoms with Crippen LogP contribution in [-0.2, 0) is 0 Å². The number of aromatic nitrogens is 1. The van der Waals surface area contributed by atoms with Gasteiger partial charge in [0.15, 0.2) is 0 Å². The molecule has 0 aliphatic carbocycles. The third-order valence-corrected chi connectivity index (χ3v) is 4.52. The first-order chi connectivity index (χ1) is 10.6. The summed E-state index contributed by atoms with van der Waals surface area (Å²) in [4.78, 5) is 18.3. The van der Waals surface area contributed by atoms with Crippen molar-refractivity contribution < 1.29 is 13.6 Å². The van der Waals surface area contributed by atoms with Crippen LogP contribution in [0.3, 0.4) is 0 Å². The van der Waals surface area contributed by atoms with E-state index in [1.807, 2.05) is 6.92 Å². The minimum atomic E-state index is -0.677. The van der Waals surface area contributed by atoms with Gasteiger partial charge < -0.3 is 10.2 Å². The molecule has 7 heteroatoms. The van der Waals surface area contributed by atoms with Gasteiger partial charge >= 0.3 is 0 Å². The Balaban J connectivity index is 1.89. The molecular formula is C15H15F2N3OS. The van der Waals surface area contributed by atoms with Gasteiger partial charge in [0.05, 0.1) is 5.56 Å². The van der Waals surface area contributed by atoms with E-state index in [-0.39, 0.29) is 28.2 Å². The monoisotopic (exact) mass is 323 g/mol. The number of thiazole rings is 1. The number of benzene rings is 1. The Morgan fingerprint density at radius 1 is 1.41 bits per heavy atom. The molecule has 0 radical (unpaired) electrons. The van der Waals surface area contributed by atoms with Crippen molar-refractivity contribution in [3.8, 4) is 10.6 Å². The predicted octanol–water partition coefficient (Wildman–Crippen LogP) is 2.52. The van der Waals surface area contributed by atoms with E-state index in [1.165, 1.54) is 18.2 Å². The van der Waals surface area contributed by atoms with Gasteiger partial charge in [-0.1, -0.05) is 6.07 Å². The zero-order valence-electron chi connectivity index (χ0n) is 12.0. The van der Waals surface area contributed by atoms with Gasteiger partial charge in [-0.2, -0.15) is 0 Å². The molecule has 116 valence electrons. The van der Waals surface area contributed by atoms with Crippen molar-refractivity contribution in [1.82, 2.24) is 15.2 Å². The second kappa shape index (κ2) is 6.10. The van der Waals surface area contributed by atoms with Crippen molar-refractivity contribution in [3.63, 3.8) is 0 Å². The fraction of sp³-hybridized carbons (Fsp3) is 0.333. The van der Waals surface area contributed by atoms with Crippen LogP contribution < -0.4 is 5.32 Å².